The molecule has 528 valence electrons. The van der Waals surface area contributed by atoms with Gasteiger partial charge in [0.25, 0.3) is 0 Å². The molecule has 0 unspecified atom stereocenters. The maximum atomic E-state index is 6.95. The molecule has 0 atom stereocenters. The van der Waals surface area contributed by atoms with Gasteiger partial charge >= 0.3 is 0 Å². The highest BCUT2D eigenvalue weighted by Crippen LogP contribution is 2.45. The third-order valence-corrected chi connectivity index (χ3v) is 18.9. The molecule has 16 bridgehead atoms. The largest absolute Gasteiger partial charge is 0.493 e. The molecule has 10 aromatic carbocycles. The van der Waals surface area contributed by atoms with E-state index in [9.17, 15) is 0 Å². The molecular weight excluding hydrogens is 1260 g/mol. The zero-order valence-corrected chi connectivity index (χ0v) is 61.5. The Labute approximate surface area is 606 Å². The molecule has 0 aliphatic heterocycles. The van der Waals surface area contributed by atoms with Gasteiger partial charge in [-0.15, -0.1) is 0 Å². The summed E-state index contributed by atoms with van der Waals surface area (Å²) in [4.78, 5) is 0. The van der Waals surface area contributed by atoms with Crippen LogP contribution in [0.3, 0.4) is 0 Å². The third-order valence-electron chi connectivity index (χ3n) is 18.9. The van der Waals surface area contributed by atoms with Crippen molar-refractivity contribution in [3.8, 4) is 68.2 Å². The Bertz CT molecular complexity index is 3990. The van der Waals surface area contributed by atoms with Crippen molar-refractivity contribution in [2.75, 3.05) is 52.9 Å². The van der Waals surface area contributed by atoms with E-state index < -0.39 is 0 Å². The number of fused-ring (bicyclic) bond motifs is 16. The number of nitrogens with zero attached hydrogens (tertiary/aromatic N) is 2. The Balaban J connectivity index is 0.898. The summed E-state index contributed by atoms with van der Waals surface area (Å²) in [6.45, 7) is 22.2. The van der Waals surface area contributed by atoms with E-state index >= 15 is 0 Å². The average Bonchev–Trinajstić information content (AvgIpc) is 0.782. The molecule has 0 N–H and O–H groups in total. The number of rotatable bonds is 28. The molecule has 0 amide bonds. The lowest BCUT2D eigenvalue weighted by molar-refractivity contribution is 0.304. The van der Waals surface area contributed by atoms with Gasteiger partial charge in [0.2, 0.25) is 0 Å². The van der Waals surface area contributed by atoms with Crippen molar-refractivity contribution in [1.29, 1.82) is 0 Å². The van der Waals surface area contributed by atoms with Crippen LogP contribution in [0.15, 0.2) is 192 Å². The monoisotopic (exact) mass is 1360 g/mol. The molecule has 0 aromatic heterocycles. The summed E-state index contributed by atoms with van der Waals surface area (Å²) in [6.07, 6.45) is 12.2. The first-order valence-electron chi connectivity index (χ1n) is 37.8. The zero-order valence-electron chi connectivity index (χ0n) is 61.5. The minimum Gasteiger partial charge on any atom is -0.493 e. The summed E-state index contributed by atoms with van der Waals surface area (Å²) in [6, 6.07) is 65.9. The Hall–Kier alpha value is -9.80. The number of hydrogen-bond donors (Lipinski definition) is 0. The zero-order chi connectivity index (χ0) is 70.6. The summed E-state index contributed by atoms with van der Waals surface area (Å²) in [5.74, 6) is 7.46. The predicted octanol–water partition coefficient (Wildman–Crippen LogP) is 23.1. The Morgan fingerprint density at radius 1 is 0.196 bits per heavy atom. The first kappa shape index (κ1) is 72.0. The van der Waals surface area contributed by atoms with Crippen molar-refractivity contribution in [2.24, 2.45) is 10.2 Å². The highest BCUT2D eigenvalue weighted by atomic mass is 16.5. The maximum Gasteiger partial charge on any atom is 0.126 e. The van der Waals surface area contributed by atoms with E-state index in [0.29, 0.717) is 104 Å². The summed E-state index contributed by atoms with van der Waals surface area (Å²) >= 11 is 0. The lowest BCUT2D eigenvalue weighted by Crippen LogP contribution is -2.10. The molecule has 0 saturated heterocycles. The van der Waals surface area contributed by atoms with Crippen LogP contribution in [0.4, 0.5) is 11.4 Å². The van der Waals surface area contributed by atoms with Crippen LogP contribution in [0.5, 0.6) is 46.0 Å². The first-order valence-corrected chi connectivity index (χ1v) is 37.8. The van der Waals surface area contributed by atoms with Crippen LogP contribution in [0.2, 0.25) is 0 Å². The van der Waals surface area contributed by atoms with Crippen LogP contribution < -0.4 is 37.9 Å². The minimum atomic E-state index is 0.587. The quantitative estimate of drug-likeness (QED) is 0.0447. The molecule has 0 heterocycles. The molecule has 10 heteroatoms. The van der Waals surface area contributed by atoms with E-state index in [1.54, 1.807) is 0 Å². The molecule has 0 spiro atoms. The minimum absolute atomic E-state index is 0.587. The second-order valence-corrected chi connectivity index (χ2v) is 27.2. The van der Waals surface area contributed by atoms with E-state index in [2.05, 4.69) is 237 Å². The summed E-state index contributed by atoms with van der Waals surface area (Å²) < 4.78 is 54.6. The lowest BCUT2D eigenvalue weighted by Gasteiger charge is -2.23. The highest BCUT2D eigenvalue weighted by Gasteiger charge is 2.26. The molecule has 0 fully saturated rings. The lowest BCUT2D eigenvalue weighted by atomic mass is 9.89. The van der Waals surface area contributed by atoms with Crippen molar-refractivity contribution in [3.63, 3.8) is 0 Å². The van der Waals surface area contributed by atoms with Gasteiger partial charge in [-0.1, -0.05) is 189 Å². The molecule has 2 aliphatic carbocycles. The second kappa shape index (κ2) is 35.7. The van der Waals surface area contributed by atoms with Crippen molar-refractivity contribution >= 4 is 11.4 Å². The van der Waals surface area contributed by atoms with Crippen LogP contribution in [0.25, 0.3) is 22.3 Å². The normalized spacial score (nSPS) is 12.6. The van der Waals surface area contributed by atoms with Crippen molar-refractivity contribution in [1.82, 2.24) is 0 Å². The third kappa shape index (κ3) is 17.4. The average molecular weight is 1360 g/mol. The standard InChI is InChI=1S/C92H102N2O8/c1-9-43-95-85-65-23-17-24-66(85)52-70-28-20-32-74(88(70)98-46-12-4)56-80-60-77(59-79(91(80)101-49-15-7)55-73-31-19-27-69(51-65)87(73)97-45-11-3)63-35-39-83(40-36-63)93-94-84-41-37-64(38-42-84)78-61-81-57-75-33-21-29-71(89(75)99-47-13-5)53-67-25-18-26-68(86(67)96-44-10-2)54-72-30-22-34-76(90(72)100-48-14-6)58-82(62-78)92(81)102-50-16-8/h17-42,59-62H,9-16,43-58H2,1-8H3. The molecule has 12 rings (SSSR count). The molecule has 102 heavy (non-hydrogen) atoms. The van der Waals surface area contributed by atoms with Crippen molar-refractivity contribution in [2.45, 2.75) is 158 Å². The molecule has 0 saturated carbocycles. The van der Waals surface area contributed by atoms with Gasteiger partial charge in [-0.3, -0.25) is 0 Å². The van der Waals surface area contributed by atoms with Gasteiger partial charge in [0.1, 0.15) is 46.0 Å². The number of benzene rings is 10. The Morgan fingerprint density at radius 3 is 0.520 bits per heavy atom. The van der Waals surface area contributed by atoms with Crippen molar-refractivity contribution in [3.05, 3.63) is 271 Å². The van der Waals surface area contributed by atoms with E-state index in [0.717, 1.165) is 220 Å². The molecule has 0 radical (unpaired) electrons. The van der Waals surface area contributed by atoms with E-state index in [1.807, 2.05) is 0 Å². The summed E-state index contributed by atoms with van der Waals surface area (Å²) in [5, 5.41) is 9.71. The smallest absolute Gasteiger partial charge is 0.126 e. The van der Waals surface area contributed by atoms with Gasteiger partial charge in [-0.05, 0) is 211 Å². The number of hydrogen-bond acceptors (Lipinski definition) is 10. The maximum absolute atomic E-state index is 6.95. The van der Waals surface area contributed by atoms with Gasteiger partial charge in [-0.2, -0.15) is 10.2 Å². The molecule has 10 aromatic rings. The fourth-order valence-electron chi connectivity index (χ4n) is 14.2. The predicted molar refractivity (Wildman–Crippen MR) is 415 cm³/mol. The van der Waals surface area contributed by atoms with Gasteiger partial charge < -0.3 is 37.9 Å². The fourth-order valence-corrected chi connectivity index (χ4v) is 14.2. The van der Waals surface area contributed by atoms with Gasteiger partial charge in [0.05, 0.1) is 64.2 Å². The Morgan fingerprint density at radius 2 is 0.353 bits per heavy atom. The van der Waals surface area contributed by atoms with Crippen molar-refractivity contribution < 1.29 is 37.9 Å². The van der Waals surface area contributed by atoms with E-state index in [-0.39, 0.29) is 0 Å². The van der Waals surface area contributed by atoms with Crippen LogP contribution in [0, 0.1) is 0 Å². The first-order chi connectivity index (χ1) is 50.2. The van der Waals surface area contributed by atoms with Crippen LogP contribution >= 0.6 is 0 Å². The summed E-state index contributed by atoms with van der Waals surface area (Å²) in [7, 11) is 0. The number of azo groups is 1. The van der Waals surface area contributed by atoms with Gasteiger partial charge in [0, 0.05) is 51.4 Å². The SMILES string of the molecule is CCCOc1c2cccc1Cc1cccc(c1OCCC)Cc1cc(-c3ccc(N=Nc4ccc(-c5cc6c(OCCC)c(c5)Cc5cccc(c5OCCC)Cc5cccc(c5OCCC)Cc5cccc(c5OCCC)C6)cc4)cc3)cc(c1OCCC)Cc1cccc(c1OCCC)C2. The van der Waals surface area contributed by atoms with E-state index in [4.69, 9.17) is 48.1 Å². The van der Waals surface area contributed by atoms with Gasteiger partial charge in [-0.25, -0.2) is 0 Å². The van der Waals surface area contributed by atoms with E-state index in [1.165, 1.54) is 0 Å². The van der Waals surface area contributed by atoms with Crippen LogP contribution in [-0.2, 0) is 51.4 Å². The summed E-state index contributed by atoms with van der Waals surface area (Å²) in [5.41, 5.74) is 23.8. The molecule has 2 aliphatic rings. The molecule has 10 nitrogen and oxygen atoms in total. The second-order valence-electron chi connectivity index (χ2n) is 27.2. The highest BCUT2D eigenvalue weighted by molar-refractivity contribution is 5.73. The van der Waals surface area contributed by atoms with Gasteiger partial charge in [0.15, 0.2) is 0 Å². The Kier molecular flexibility index (Phi) is 25.2. The number of ether oxygens (including phenoxy) is 8. The molecular formula is C92H102N2O8. The van der Waals surface area contributed by atoms with Crippen LogP contribution in [0.1, 0.15) is 196 Å². The number of para-hydroxylation sites is 6. The van der Waals surface area contributed by atoms with Crippen LogP contribution in [-0.4, -0.2) is 52.9 Å². The fraction of sp³-hybridized carbons (Fsp3) is 0.348. The topological polar surface area (TPSA) is 98.6 Å².